The van der Waals surface area contributed by atoms with Crippen molar-refractivity contribution >= 4 is 23.4 Å². The van der Waals surface area contributed by atoms with Gasteiger partial charge in [-0.25, -0.2) is 0 Å². The maximum Gasteiger partial charge on any atom is 0.248 e. The van der Waals surface area contributed by atoms with E-state index in [-0.39, 0.29) is 5.91 Å². The summed E-state index contributed by atoms with van der Waals surface area (Å²) < 4.78 is 10.5. The average molecular weight is 396 g/mol. The molecule has 1 N–H and O–H groups in total. The van der Waals surface area contributed by atoms with Crippen LogP contribution in [0.5, 0.6) is 11.5 Å². The Morgan fingerprint density at radius 1 is 1.00 bits per heavy atom. The zero-order valence-electron chi connectivity index (χ0n) is 17.4. The Balaban J connectivity index is 1.56. The largest absolute Gasteiger partial charge is 0.493 e. The average Bonchev–Trinajstić information content (AvgIpc) is 2.78. The Morgan fingerprint density at radius 3 is 2.31 bits per heavy atom. The molecule has 29 heavy (non-hydrogen) atoms. The van der Waals surface area contributed by atoms with Gasteiger partial charge in [-0.3, -0.25) is 4.79 Å². The van der Waals surface area contributed by atoms with Crippen LogP contribution in [-0.4, -0.2) is 57.8 Å². The lowest BCUT2D eigenvalue weighted by atomic mass is 10.2. The van der Waals surface area contributed by atoms with Crippen molar-refractivity contribution in [1.82, 2.24) is 4.90 Å². The molecule has 0 atom stereocenters. The van der Waals surface area contributed by atoms with E-state index < -0.39 is 0 Å². The monoisotopic (exact) mass is 395 g/mol. The molecule has 0 unspecified atom stereocenters. The Bertz CT molecular complexity index is 841. The molecule has 154 valence electrons. The van der Waals surface area contributed by atoms with E-state index in [9.17, 15) is 4.79 Å². The van der Waals surface area contributed by atoms with Crippen LogP contribution in [0.25, 0.3) is 6.08 Å². The number of rotatable bonds is 7. The second-order valence-corrected chi connectivity index (χ2v) is 6.91. The quantitative estimate of drug-likeness (QED) is 0.728. The maximum atomic E-state index is 12.2. The van der Waals surface area contributed by atoms with Crippen LogP contribution in [0.15, 0.2) is 48.5 Å². The summed E-state index contributed by atoms with van der Waals surface area (Å²) in [6, 6.07) is 13.5. The van der Waals surface area contributed by atoms with Crippen LogP contribution >= 0.6 is 0 Å². The normalized spacial score (nSPS) is 14.8. The van der Waals surface area contributed by atoms with Crippen LogP contribution < -0.4 is 19.7 Å². The predicted octanol–water partition coefficient (Wildman–Crippen LogP) is 3.50. The molecule has 0 saturated carbocycles. The fraction of sp³-hybridized carbons (Fsp3) is 0.348. The fourth-order valence-corrected chi connectivity index (χ4v) is 3.39. The van der Waals surface area contributed by atoms with Crippen molar-refractivity contribution in [3.63, 3.8) is 0 Å². The van der Waals surface area contributed by atoms with Gasteiger partial charge in [0.15, 0.2) is 11.5 Å². The van der Waals surface area contributed by atoms with E-state index in [4.69, 9.17) is 9.47 Å². The number of carbonyl (C=O) groups is 1. The first kappa shape index (κ1) is 20.7. The summed E-state index contributed by atoms with van der Waals surface area (Å²) in [5.41, 5.74) is 2.84. The summed E-state index contributed by atoms with van der Waals surface area (Å²) in [5, 5.41) is 2.90. The van der Waals surface area contributed by atoms with Gasteiger partial charge in [0.2, 0.25) is 5.91 Å². The zero-order valence-corrected chi connectivity index (χ0v) is 17.4. The molecule has 1 aliphatic heterocycles. The Labute approximate surface area is 172 Å². The lowest BCUT2D eigenvalue weighted by Gasteiger charge is -2.35. The standard InChI is InChI=1S/C23H29N3O3/c1-4-25-13-15-26(16-14-25)20-9-7-19(8-10-20)24-23(27)12-6-18-5-11-21(28-2)22(17-18)29-3/h5-12,17H,4,13-16H2,1-3H3,(H,24,27). The number of ether oxygens (including phenoxy) is 2. The first-order valence-corrected chi connectivity index (χ1v) is 9.91. The van der Waals surface area contributed by atoms with Gasteiger partial charge in [-0.15, -0.1) is 0 Å². The molecule has 2 aromatic rings. The number of nitrogens with zero attached hydrogens (tertiary/aromatic N) is 2. The number of benzene rings is 2. The van der Waals surface area contributed by atoms with Crippen molar-refractivity contribution < 1.29 is 14.3 Å². The lowest BCUT2D eigenvalue weighted by molar-refractivity contribution is -0.111. The van der Waals surface area contributed by atoms with Crippen molar-refractivity contribution in [3.05, 3.63) is 54.1 Å². The smallest absolute Gasteiger partial charge is 0.248 e. The highest BCUT2D eigenvalue weighted by Gasteiger charge is 2.15. The third-order valence-corrected chi connectivity index (χ3v) is 5.15. The third-order valence-electron chi connectivity index (χ3n) is 5.15. The summed E-state index contributed by atoms with van der Waals surface area (Å²) in [4.78, 5) is 17.1. The van der Waals surface area contributed by atoms with Crippen LogP contribution in [0, 0.1) is 0 Å². The third kappa shape index (κ3) is 5.51. The maximum absolute atomic E-state index is 12.2. The van der Waals surface area contributed by atoms with Gasteiger partial charge < -0.3 is 24.6 Å². The van der Waals surface area contributed by atoms with E-state index in [1.54, 1.807) is 20.3 Å². The van der Waals surface area contributed by atoms with Crippen molar-refractivity contribution in [2.45, 2.75) is 6.92 Å². The summed E-state index contributed by atoms with van der Waals surface area (Å²) in [5.74, 6) is 1.11. The van der Waals surface area contributed by atoms with Crippen molar-refractivity contribution in [1.29, 1.82) is 0 Å². The molecule has 1 amide bonds. The van der Waals surface area contributed by atoms with E-state index in [1.807, 2.05) is 30.3 Å². The molecule has 1 saturated heterocycles. The molecule has 1 heterocycles. The number of amides is 1. The molecule has 6 nitrogen and oxygen atoms in total. The predicted molar refractivity (Wildman–Crippen MR) is 118 cm³/mol. The number of anilines is 2. The minimum Gasteiger partial charge on any atom is -0.493 e. The Morgan fingerprint density at radius 2 is 1.69 bits per heavy atom. The number of carbonyl (C=O) groups excluding carboxylic acids is 1. The summed E-state index contributed by atoms with van der Waals surface area (Å²) in [6.07, 6.45) is 3.26. The van der Waals surface area contributed by atoms with E-state index in [0.29, 0.717) is 11.5 Å². The molecular formula is C23H29N3O3. The van der Waals surface area contributed by atoms with Gasteiger partial charge in [-0.05, 0) is 54.6 Å². The molecule has 0 bridgehead atoms. The highest BCUT2D eigenvalue weighted by molar-refractivity contribution is 6.02. The SMILES string of the molecule is CCN1CCN(c2ccc(NC(=O)C=Cc3ccc(OC)c(OC)c3)cc2)CC1. The number of likely N-dealkylation sites (N-methyl/N-ethyl adjacent to an activating group) is 1. The highest BCUT2D eigenvalue weighted by atomic mass is 16.5. The summed E-state index contributed by atoms with van der Waals surface area (Å²) in [7, 11) is 3.18. The second-order valence-electron chi connectivity index (χ2n) is 6.91. The molecular weight excluding hydrogens is 366 g/mol. The van der Waals surface area contributed by atoms with Gasteiger partial charge in [0.05, 0.1) is 14.2 Å². The molecule has 0 spiro atoms. The van der Waals surface area contributed by atoms with Crippen LogP contribution in [0.4, 0.5) is 11.4 Å². The van der Waals surface area contributed by atoms with Gasteiger partial charge in [0.25, 0.3) is 0 Å². The molecule has 3 rings (SSSR count). The van der Waals surface area contributed by atoms with Gasteiger partial charge in [-0.1, -0.05) is 13.0 Å². The molecule has 0 radical (unpaired) electrons. The topological polar surface area (TPSA) is 54.0 Å². The number of hydrogen-bond acceptors (Lipinski definition) is 5. The number of nitrogens with one attached hydrogen (secondary N) is 1. The first-order chi connectivity index (χ1) is 14.1. The minimum absolute atomic E-state index is 0.177. The van der Waals surface area contributed by atoms with E-state index >= 15 is 0 Å². The Hall–Kier alpha value is -2.99. The van der Waals surface area contributed by atoms with Gasteiger partial charge in [0, 0.05) is 43.6 Å². The van der Waals surface area contributed by atoms with Crippen molar-refractivity contribution in [2.24, 2.45) is 0 Å². The minimum atomic E-state index is -0.177. The van der Waals surface area contributed by atoms with Crippen molar-refractivity contribution in [3.8, 4) is 11.5 Å². The Kier molecular flexibility index (Phi) is 7.14. The number of hydrogen-bond donors (Lipinski definition) is 1. The summed E-state index contributed by atoms with van der Waals surface area (Å²) >= 11 is 0. The highest BCUT2D eigenvalue weighted by Crippen LogP contribution is 2.28. The second kappa shape index (κ2) is 9.98. The molecule has 0 aliphatic carbocycles. The van der Waals surface area contributed by atoms with E-state index in [1.165, 1.54) is 11.8 Å². The van der Waals surface area contributed by atoms with Gasteiger partial charge in [-0.2, -0.15) is 0 Å². The van der Waals surface area contributed by atoms with Crippen molar-refractivity contribution in [2.75, 3.05) is 57.2 Å². The van der Waals surface area contributed by atoms with Crippen LogP contribution in [-0.2, 0) is 4.79 Å². The molecule has 0 aromatic heterocycles. The van der Waals surface area contributed by atoms with E-state index in [0.717, 1.165) is 44.0 Å². The number of methoxy groups -OCH3 is 2. The van der Waals surface area contributed by atoms with E-state index in [2.05, 4.69) is 34.2 Å². The van der Waals surface area contributed by atoms with Gasteiger partial charge in [0.1, 0.15) is 0 Å². The molecule has 1 fully saturated rings. The zero-order chi connectivity index (χ0) is 20.6. The lowest BCUT2D eigenvalue weighted by Crippen LogP contribution is -2.46. The van der Waals surface area contributed by atoms with Crippen LogP contribution in [0.2, 0.25) is 0 Å². The van der Waals surface area contributed by atoms with Crippen LogP contribution in [0.1, 0.15) is 12.5 Å². The molecule has 2 aromatic carbocycles. The fourth-order valence-electron chi connectivity index (χ4n) is 3.39. The molecule has 1 aliphatic rings. The number of piperazine rings is 1. The first-order valence-electron chi connectivity index (χ1n) is 9.91. The van der Waals surface area contributed by atoms with Gasteiger partial charge >= 0.3 is 0 Å². The van der Waals surface area contributed by atoms with Crippen LogP contribution in [0.3, 0.4) is 0 Å². The summed E-state index contributed by atoms with van der Waals surface area (Å²) in [6.45, 7) is 7.56. The molecule has 6 heteroatoms.